The van der Waals surface area contributed by atoms with Crippen LogP contribution in [0.15, 0.2) is 0 Å². The summed E-state index contributed by atoms with van der Waals surface area (Å²) >= 11 is 0. The monoisotopic (exact) mass is 239 g/mol. The second-order valence-corrected chi connectivity index (χ2v) is 5.97. The molecular formula is C14H25NO2. The summed E-state index contributed by atoms with van der Waals surface area (Å²) in [7, 11) is 0. The molecule has 1 heterocycles. The van der Waals surface area contributed by atoms with Crippen molar-refractivity contribution in [2.45, 2.75) is 69.9 Å². The minimum Gasteiger partial charge on any atom is -0.390 e. The Balaban J connectivity index is 1.98. The van der Waals surface area contributed by atoms with Gasteiger partial charge in [-0.3, -0.25) is 9.69 Å². The zero-order chi connectivity index (χ0) is 12.3. The molecule has 17 heavy (non-hydrogen) atoms. The Morgan fingerprint density at radius 2 is 2.00 bits per heavy atom. The smallest absolute Gasteiger partial charge is 0.149 e. The van der Waals surface area contributed by atoms with E-state index in [0.717, 1.165) is 51.6 Å². The van der Waals surface area contributed by atoms with Crippen molar-refractivity contribution in [3.63, 3.8) is 0 Å². The Bertz CT molecular complexity index is 275. The van der Waals surface area contributed by atoms with Crippen LogP contribution >= 0.6 is 0 Å². The Kier molecular flexibility index (Phi) is 4.21. The zero-order valence-corrected chi connectivity index (χ0v) is 11.0. The molecule has 98 valence electrons. The highest BCUT2D eigenvalue weighted by molar-refractivity contribution is 5.84. The molecule has 1 saturated heterocycles. The summed E-state index contributed by atoms with van der Waals surface area (Å²) in [4.78, 5) is 14.4. The first kappa shape index (κ1) is 13.0. The second kappa shape index (κ2) is 5.49. The maximum absolute atomic E-state index is 12.1. The Hall–Kier alpha value is -0.410. The first-order valence-electron chi connectivity index (χ1n) is 7.08. The molecule has 1 saturated carbocycles. The van der Waals surface area contributed by atoms with Gasteiger partial charge in [0.1, 0.15) is 5.78 Å². The molecule has 1 aliphatic carbocycles. The van der Waals surface area contributed by atoms with E-state index in [1.165, 1.54) is 12.8 Å². The van der Waals surface area contributed by atoms with Gasteiger partial charge in [0.15, 0.2) is 0 Å². The van der Waals surface area contributed by atoms with Gasteiger partial charge in [0.2, 0.25) is 0 Å². The van der Waals surface area contributed by atoms with Crippen LogP contribution in [0.5, 0.6) is 0 Å². The van der Waals surface area contributed by atoms with Crippen LogP contribution in [-0.4, -0.2) is 40.5 Å². The number of Topliss-reactive ketones (excluding diaryl/α,β-unsaturated/α-hetero) is 1. The van der Waals surface area contributed by atoms with Crippen LogP contribution in [0.1, 0.15) is 58.3 Å². The van der Waals surface area contributed by atoms with Crippen molar-refractivity contribution in [1.29, 1.82) is 0 Å². The van der Waals surface area contributed by atoms with E-state index in [0.29, 0.717) is 5.78 Å². The van der Waals surface area contributed by atoms with Gasteiger partial charge >= 0.3 is 0 Å². The van der Waals surface area contributed by atoms with E-state index in [1.54, 1.807) is 0 Å². The van der Waals surface area contributed by atoms with Crippen molar-refractivity contribution in [3.05, 3.63) is 0 Å². The molecule has 3 heteroatoms. The molecule has 0 spiro atoms. The first-order valence-corrected chi connectivity index (χ1v) is 7.08. The highest BCUT2D eigenvalue weighted by atomic mass is 16.3. The van der Waals surface area contributed by atoms with Crippen molar-refractivity contribution in [2.24, 2.45) is 0 Å². The number of carbonyl (C=O) groups excluding carboxylic acids is 1. The maximum Gasteiger partial charge on any atom is 0.149 e. The summed E-state index contributed by atoms with van der Waals surface area (Å²) in [5.41, 5.74) is -0.525. The number of hydrogen-bond donors (Lipinski definition) is 1. The maximum atomic E-state index is 12.1. The minimum absolute atomic E-state index is 0.145. The quantitative estimate of drug-likeness (QED) is 0.713. The molecule has 2 fully saturated rings. The largest absolute Gasteiger partial charge is 0.390 e. The highest BCUT2D eigenvalue weighted by Gasteiger charge is 2.31. The molecular weight excluding hydrogens is 214 g/mol. The molecule has 0 radical (unpaired) electrons. The summed E-state index contributed by atoms with van der Waals surface area (Å²) in [5, 5.41) is 10.1. The third-order valence-corrected chi connectivity index (χ3v) is 4.31. The van der Waals surface area contributed by atoms with Gasteiger partial charge in [-0.15, -0.1) is 0 Å². The fraction of sp³-hybridized carbons (Fsp3) is 0.929. The molecule has 2 atom stereocenters. The predicted octanol–water partition coefficient (Wildman–Crippen LogP) is 2.13. The molecule has 2 unspecified atom stereocenters. The third kappa shape index (κ3) is 3.52. The number of aliphatic hydroxyl groups is 1. The fourth-order valence-corrected chi connectivity index (χ4v) is 3.12. The highest BCUT2D eigenvalue weighted by Crippen LogP contribution is 2.26. The summed E-state index contributed by atoms with van der Waals surface area (Å²) < 4.78 is 0. The summed E-state index contributed by atoms with van der Waals surface area (Å²) in [6, 6.07) is 0.145. The Morgan fingerprint density at radius 3 is 2.82 bits per heavy atom. The van der Waals surface area contributed by atoms with E-state index in [2.05, 4.69) is 4.90 Å². The molecule has 3 nitrogen and oxygen atoms in total. The second-order valence-electron chi connectivity index (χ2n) is 5.97. The third-order valence-electron chi connectivity index (χ3n) is 4.31. The number of rotatable bonds is 1. The van der Waals surface area contributed by atoms with Gasteiger partial charge in [-0.05, 0) is 45.6 Å². The van der Waals surface area contributed by atoms with E-state index >= 15 is 0 Å². The van der Waals surface area contributed by atoms with Crippen LogP contribution in [0.25, 0.3) is 0 Å². The van der Waals surface area contributed by atoms with Gasteiger partial charge in [-0.2, -0.15) is 0 Å². The molecule has 0 amide bonds. The lowest BCUT2D eigenvalue weighted by Crippen LogP contribution is -2.41. The van der Waals surface area contributed by atoms with Gasteiger partial charge in [-0.25, -0.2) is 0 Å². The van der Waals surface area contributed by atoms with Crippen LogP contribution in [-0.2, 0) is 4.79 Å². The van der Waals surface area contributed by atoms with Gasteiger partial charge in [0.05, 0.1) is 11.6 Å². The van der Waals surface area contributed by atoms with Crippen molar-refractivity contribution in [3.8, 4) is 0 Å². The number of carbonyl (C=O) groups is 1. The number of likely N-dealkylation sites (tertiary alicyclic amines) is 1. The van der Waals surface area contributed by atoms with Crippen molar-refractivity contribution < 1.29 is 9.90 Å². The lowest BCUT2D eigenvalue weighted by molar-refractivity contribution is -0.124. The van der Waals surface area contributed by atoms with E-state index in [9.17, 15) is 9.90 Å². The number of ketones is 1. The average molecular weight is 239 g/mol. The van der Waals surface area contributed by atoms with Crippen LogP contribution < -0.4 is 0 Å². The number of hydrogen-bond acceptors (Lipinski definition) is 3. The lowest BCUT2D eigenvalue weighted by Gasteiger charge is -2.29. The molecule has 0 bridgehead atoms. The summed E-state index contributed by atoms with van der Waals surface area (Å²) in [6.07, 6.45) is 7.93. The lowest BCUT2D eigenvalue weighted by atomic mass is 9.98. The molecule has 0 aromatic heterocycles. The molecule has 1 N–H and O–H groups in total. The molecule has 2 rings (SSSR count). The topological polar surface area (TPSA) is 40.5 Å². The fourth-order valence-electron chi connectivity index (χ4n) is 3.12. The van der Waals surface area contributed by atoms with E-state index < -0.39 is 5.60 Å². The molecule has 1 aliphatic heterocycles. The first-order chi connectivity index (χ1) is 8.08. The zero-order valence-electron chi connectivity index (χ0n) is 11.0. The summed E-state index contributed by atoms with van der Waals surface area (Å²) in [6.45, 7) is 3.78. The van der Waals surface area contributed by atoms with Gasteiger partial charge < -0.3 is 5.11 Å². The predicted molar refractivity (Wildman–Crippen MR) is 67.9 cm³/mol. The van der Waals surface area contributed by atoms with Crippen molar-refractivity contribution in [2.75, 3.05) is 13.1 Å². The van der Waals surface area contributed by atoms with Gasteiger partial charge in [0.25, 0.3) is 0 Å². The van der Waals surface area contributed by atoms with Crippen LogP contribution in [0.2, 0.25) is 0 Å². The normalized spacial score (nSPS) is 37.5. The summed E-state index contributed by atoms with van der Waals surface area (Å²) in [5.74, 6) is 0.434. The van der Waals surface area contributed by atoms with Crippen LogP contribution in [0, 0.1) is 0 Å². The SMILES string of the molecule is CC1(O)CCCN(C2CCCCCC2=O)CC1. The van der Waals surface area contributed by atoms with E-state index in [4.69, 9.17) is 0 Å². The van der Waals surface area contributed by atoms with Crippen molar-refractivity contribution in [1.82, 2.24) is 4.90 Å². The van der Waals surface area contributed by atoms with Crippen LogP contribution in [0.3, 0.4) is 0 Å². The Labute approximate surface area is 104 Å². The molecule has 0 aromatic carbocycles. The standard InChI is InChI=1S/C14H25NO2/c1-14(17)8-5-10-15(11-9-14)12-6-3-2-4-7-13(12)16/h12,17H,2-11H2,1H3. The van der Waals surface area contributed by atoms with Crippen LogP contribution in [0.4, 0.5) is 0 Å². The average Bonchev–Trinajstić information content (AvgIpc) is 2.57. The number of nitrogens with zero attached hydrogens (tertiary/aromatic N) is 1. The van der Waals surface area contributed by atoms with Gasteiger partial charge in [-0.1, -0.05) is 12.8 Å². The van der Waals surface area contributed by atoms with Crippen molar-refractivity contribution >= 4 is 5.78 Å². The Morgan fingerprint density at radius 1 is 1.18 bits per heavy atom. The van der Waals surface area contributed by atoms with E-state index in [-0.39, 0.29) is 6.04 Å². The van der Waals surface area contributed by atoms with E-state index in [1.807, 2.05) is 6.92 Å². The molecule has 0 aromatic rings. The minimum atomic E-state index is -0.525. The van der Waals surface area contributed by atoms with Gasteiger partial charge in [0, 0.05) is 13.0 Å². The molecule has 2 aliphatic rings.